The fourth-order valence-corrected chi connectivity index (χ4v) is 2.22. The Bertz CT molecular complexity index is 809. The summed E-state index contributed by atoms with van der Waals surface area (Å²) < 4.78 is 5.33. The number of benzene rings is 2. The molecule has 0 aromatic heterocycles. The quantitative estimate of drug-likeness (QED) is 0.606. The zero-order chi connectivity index (χ0) is 17.5. The summed E-state index contributed by atoms with van der Waals surface area (Å²) in [6.07, 6.45) is 1.45. The van der Waals surface area contributed by atoms with Crippen LogP contribution in [0.5, 0.6) is 5.75 Å². The zero-order valence-electron chi connectivity index (χ0n) is 12.8. The van der Waals surface area contributed by atoms with E-state index in [1.807, 2.05) is 13.0 Å². The lowest BCUT2D eigenvalue weighted by Gasteiger charge is -2.07. The fourth-order valence-electron chi connectivity index (χ4n) is 1.92. The third-order valence-electron chi connectivity index (χ3n) is 3.04. The lowest BCUT2D eigenvalue weighted by molar-refractivity contribution is -0.112. The monoisotopic (exact) mass is 360 g/mol. The normalized spacial score (nSPS) is 10.8. The van der Waals surface area contributed by atoms with Crippen LogP contribution in [0.15, 0.2) is 48.0 Å². The van der Waals surface area contributed by atoms with E-state index in [2.05, 4.69) is 5.32 Å². The van der Waals surface area contributed by atoms with Crippen molar-refractivity contribution in [2.24, 2.45) is 0 Å². The van der Waals surface area contributed by atoms with Crippen LogP contribution < -0.4 is 10.1 Å². The van der Waals surface area contributed by atoms with Gasteiger partial charge in [0, 0.05) is 5.69 Å². The maximum atomic E-state index is 12.2. The summed E-state index contributed by atoms with van der Waals surface area (Å²) in [4.78, 5) is 12.2. The minimum Gasteiger partial charge on any atom is -0.494 e. The molecule has 1 N–H and O–H groups in total. The fraction of sp³-hybridized carbons (Fsp3) is 0.111. The molecule has 0 fully saturated rings. The van der Waals surface area contributed by atoms with E-state index in [1.165, 1.54) is 6.08 Å². The molecular formula is C18H14Cl2N2O2. The first-order valence-electron chi connectivity index (χ1n) is 7.14. The number of rotatable bonds is 5. The van der Waals surface area contributed by atoms with Crippen molar-refractivity contribution in [1.29, 1.82) is 5.26 Å². The van der Waals surface area contributed by atoms with Crippen molar-refractivity contribution in [2.45, 2.75) is 6.92 Å². The number of nitriles is 1. The Labute approximate surface area is 150 Å². The molecular weight excluding hydrogens is 347 g/mol. The molecule has 0 atom stereocenters. The molecule has 2 aromatic rings. The van der Waals surface area contributed by atoms with E-state index < -0.39 is 5.91 Å². The average molecular weight is 361 g/mol. The highest BCUT2D eigenvalue weighted by molar-refractivity contribution is 6.42. The van der Waals surface area contributed by atoms with E-state index in [1.54, 1.807) is 42.5 Å². The van der Waals surface area contributed by atoms with Crippen LogP contribution >= 0.6 is 23.2 Å². The van der Waals surface area contributed by atoms with Gasteiger partial charge in [-0.1, -0.05) is 29.3 Å². The predicted molar refractivity (Wildman–Crippen MR) is 96.3 cm³/mol. The van der Waals surface area contributed by atoms with Gasteiger partial charge in [-0.05, 0) is 55.0 Å². The molecule has 0 radical (unpaired) electrons. The summed E-state index contributed by atoms with van der Waals surface area (Å²) in [5.74, 6) is 0.204. The molecule has 0 unspecified atom stereocenters. The van der Waals surface area contributed by atoms with Gasteiger partial charge in [0.1, 0.15) is 17.4 Å². The van der Waals surface area contributed by atoms with Crippen LogP contribution in [0.3, 0.4) is 0 Å². The van der Waals surface area contributed by atoms with E-state index in [-0.39, 0.29) is 5.57 Å². The standard InChI is InChI=1S/C18H14Cl2N2O2/c1-2-24-15-6-4-14(5-7-15)22-18(23)13(11-21)9-12-3-8-16(19)17(20)10-12/h3-10H,2H2,1H3,(H,22,23)/b13-9+. The summed E-state index contributed by atoms with van der Waals surface area (Å²) in [5, 5.41) is 12.6. The number of hydrogen-bond acceptors (Lipinski definition) is 3. The largest absolute Gasteiger partial charge is 0.494 e. The van der Waals surface area contributed by atoms with Gasteiger partial charge in [-0.25, -0.2) is 0 Å². The van der Waals surface area contributed by atoms with E-state index >= 15 is 0 Å². The van der Waals surface area contributed by atoms with Crippen molar-refractivity contribution in [3.8, 4) is 11.8 Å². The number of nitrogens with zero attached hydrogens (tertiary/aromatic N) is 1. The molecule has 0 spiro atoms. The Balaban J connectivity index is 2.15. The number of carbonyl (C=O) groups is 1. The summed E-state index contributed by atoms with van der Waals surface area (Å²) in [6, 6.07) is 13.7. The Morgan fingerprint density at radius 1 is 1.21 bits per heavy atom. The molecule has 0 saturated heterocycles. The molecule has 0 saturated carbocycles. The van der Waals surface area contributed by atoms with Crippen LogP contribution in [0, 0.1) is 11.3 Å². The van der Waals surface area contributed by atoms with Crippen molar-refractivity contribution in [1.82, 2.24) is 0 Å². The number of amides is 1. The number of nitrogens with one attached hydrogen (secondary N) is 1. The Morgan fingerprint density at radius 3 is 2.50 bits per heavy atom. The third kappa shape index (κ3) is 4.76. The number of ether oxygens (including phenoxy) is 1. The van der Waals surface area contributed by atoms with Gasteiger partial charge >= 0.3 is 0 Å². The second-order valence-corrected chi connectivity index (χ2v) is 5.57. The Kier molecular flexibility index (Phi) is 6.25. The van der Waals surface area contributed by atoms with Gasteiger partial charge in [0.25, 0.3) is 5.91 Å². The summed E-state index contributed by atoms with van der Waals surface area (Å²) in [6.45, 7) is 2.46. The molecule has 6 heteroatoms. The highest BCUT2D eigenvalue weighted by atomic mass is 35.5. The summed E-state index contributed by atoms with van der Waals surface area (Å²) in [7, 11) is 0. The molecule has 4 nitrogen and oxygen atoms in total. The highest BCUT2D eigenvalue weighted by Gasteiger charge is 2.10. The predicted octanol–water partition coefficient (Wildman–Crippen LogP) is 4.94. The maximum Gasteiger partial charge on any atom is 0.266 e. The van der Waals surface area contributed by atoms with Gasteiger partial charge in [0.05, 0.1) is 16.7 Å². The number of anilines is 1. The average Bonchev–Trinajstić information content (AvgIpc) is 2.57. The molecule has 0 heterocycles. The smallest absolute Gasteiger partial charge is 0.266 e. The second kappa shape index (κ2) is 8.39. The highest BCUT2D eigenvalue weighted by Crippen LogP contribution is 2.24. The van der Waals surface area contributed by atoms with E-state index in [0.717, 1.165) is 0 Å². The van der Waals surface area contributed by atoms with E-state index in [4.69, 9.17) is 27.9 Å². The van der Waals surface area contributed by atoms with Crippen molar-refractivity contribution < 1.29 is 9.53 Å². The minimum absolute atomic E-state index is 0.0396. The molecule has 2 rings (SSSR count). The third-order valence-corrected chi connectivity index (χ3v) is 3.78. The Hall–Kier alpha value is -2.48. The van der Waals surface area contributed by atoms with Gasteiger partial charge in [0.15, 0.2) is 0 Å². The molecule has 2 aromatic carbocycles. The lowest BCUT2D eigenvalue weighted by Crippen LogP contribution is -2.13. The van der Waals surface area contributed by atoms with Crippen LogP contribution in [0.25, 0.3) is 6.08 Å². The number of carbonyl (C=O) groups excluding carboxylic acids is 1. The molecule has 1 amide bonds. The maximum absolute atomic E-state index is 12.2. The molecule has 24 heavy (non-hydrogen) atoms. The van der Waals surface area contributed by atoms with Gasteiger partial charge in [-0.2, -0.15) is 5.26 Å². The summed E-state index contributed by atoms with van der Waals surface area (Å²) in [5.41, 5.74) is 1.14. The molecule has 0 aliphatic carbocycles. The molecule has 122 valence electrons. The first-order valence-corrected chi connectivity index (χ1v) is 7.90. The van der Waals surface area contributed by atoms with Crippen molar-refractivity contribution in [3.63, 3.8) is 0 Å². The topological polar surface area (TPSA) is 62.1 Å². The minimum atomic E-state index is -0.507. The second-order valence-electron chi connectivity index (χ2n) is 4.75. The summed E-state index contributed by atoms with van der Waals surface area (Å²) >= 11 is 11.8. The van der Waals surface area contributed by atoms with Crippen molar-refractivity contribution >= 4 is 40.9 Å². The lowest BCUT2D eigenvalue weighted by atomic mass is 10.1. The van der Waals surface area contributed by atoms with Crippen LogP contribution in [-0.2, 0) is 4.79 Å². The van der Waals surface area contributed by atoms with Gasteiger partial charge in [-0.15, -0.1) is 0 Å². The van der Waals surface area contributed by atoms with Gasteiger partial charge in [-0.3, -0.25) is 4.79 Å². The van der Waals surface area contributed by atoms with Crippen molar-refractivity contribution in [2.75, 3.05) is 11.9 Å². The van der Waals surface area contributed by atoms with Gasteiger partial charge < -0.3 is 10.1 Å². The van der Waals surface area contributed by atoms with Gasteiger partial charge in [0.2, 0.25) is 0 Å². The molecule has 0 bridgehead atoms. The van der Waals surface area contributed by atoms with Crippen LogP contribution in [-0.4, -0.2) is 12.5 Å². The number of halogens is 2. The zero-order valence-corrected chi connectivity index (χ0v) is 14.4. The van der Waals surface area contributed by atoms with E-state index in [9.17, 15) is 10.1 Å². The molecule has 0 aliphatic heterocycles. The Morgan fingerprint density at radius 2 is 1.92 bits per heavy atom. The van der Waals surface area contributed by atoms with E-state index in [0.29, 0.717) is 33.7 Å². The van der Waals surface area contributed by atoms with Crippen LogP contribution in [0.2, 0.25) is 10.0 Å². The SMILES string of the molecule is CCOc1ccc(NC(=O)/C(C#N)=C/c2ccc(Cl)c(Cl)c2)cc1. The number of hydrogen-bond donors (Lipinski definition) is 1. The van der Waals surface area contributed by atoms with Crippen molar-refractivity contribution in [3.05, 3.63) is 63.6 Å². The first kappa shape index (κ1) is 17.9. The first-order chi connectivity index (χ1) is 11.5. The molecule has 0 aliphatic rings. The van der Waals surface area contributed by atoms with Crippen LogP contribution in [0.4, 0.5) is 5.69 Å². The van der Waals surface area contributed by atoms with Crippen LogP contribution in [0.1, 0.15) is 12.5 Å².